The average molecular weight is 276 g/mol. The molecule has 0 aliphatic heterocycles. The highest BCUT2D eigenvalue weighted by Gasteiger charge is 2.20. The van der Waals surface area contributed by atoms with Crippen LogP contribution in [0, 0.1) is 10.1 Å². The Morgan fingerprint density at radius 2 is 2.26 bits per heavy atom. The van der Waals surface area contributed by atoms with Crippen molar-refractivity contribution in [1.82, 2.24) is 15.5 Å². The molecule has 1 fully saturated rings. The monoisotopic (exact) mass is 276 g/mol. The molecule has 19 heavy (non-hydrogen) atoms. The molecule has 1 aromatic heterocycles. The lowest BCUT2D eigenvalue weighted by Gasteiger charge is -1.96. The molecule has 0 amide bonds. The van der Waals surface area contributed by atoms with E-state index in [9.17, 15) is 10.1 Å². The maximum Gasteiger partial charge on any atom is 0.270 e. The molecule has 1 aromatic carbocycles. The zero-order valence-electron chi connectivity index (χ0n) is 10.1. The van der Waals surface area contributed by atoms with Crippen LogP contribution in [-0.2, 0) is 6.54 Å². The lowest BCUT2D eigenvalue weighted by Crippen LogP contribution is -2.14. The highest BCUT2D eigenvalue weighted by Crippen LogP contribution is 2.27. The van der Waals surface area contributed by atoms with Crippen LogP contribution >= 0.6 is 11.3 Å². The molecule has 2 aromatic rings. The lowest BCUT2D eigenvalue weighted by atomic mass is 10.2. The molecular weight excluding hydrogens is 264 g/mol. The molecule has 0 saturated heterocycles. The number of non-ortho nitro benzene ring substituents is 1. The summed E-state index contributed by atoms with van der Waals surface area (Å²) in [4.78, 5) is 10.3. The largest absolute Gasteiger partial charge is 0.308 e. The van der Waals surface area contributed by atoms with Gasteiger partial charge in [-0.3, -0.25) is 10.1 Å². The summed E-state index contributed by atoms with van der Waals surface area (Å²) in [5.41, 5.74) is 0.815. The van der Waals surface area contributed by atoms with Gasteiger partial charge in [0.2, 0.25) is 0 Å². The summed E-state index contributed by atoms with van der Waals surface area (Å²) in [6, 6.07) is 7.10. The molecule has 1 saturated carbocycles. The van der Waals surface area contributed by atoms with Crippen molar-refractivity contribution in [3.8, 4) is 10.6 Å². The number of hydrogen-bond acceptors (Lipinski definition) is 6. The fourth-order valence-electron chi connectivity index (χ4n) is 1.71. The van der Waals surface area contributed by atoms with E-state index < -0.39 is 4.92 Å². The third-order valence-corrected chi connectivity index (χ3v) is 3.86. The van der Waals surface area contributed by atoms with Crippen molar-refractivity contribution < 1.29 is 4.92 Å². The van der Waals surface area contributed by atoms with Crippen molar-refractivity contribution in [3.05, 3.63) is 39.4 Å². The highest BCUT2D eigenvalue weighted by atomic mass is 32.1. The topological polar surface area (TPSA) is 81.0 Å². The first kappa shape index (κ1) is 12.2. The van der Waals surface area contributed by atoms with E-state index in [4.69, 9.17) is 0 Å². The molecule has 1 aliphatic carbocycles. The van der Waals surface area contributed by atoms with E-state index in [2.05, 4.69) is 15.5 Å². The molecule has 1 aliphatic rings. The molecule has 1 N–H and O–H groups in total. The number of nitrogens with one attached hydrogen (secondary N) is 1. The zero-order valence-corrected chi connectivity index (χ0v) is 10.9. The minimum absolute atomic E-state index is 0.0744. The van der Waals surface area contributed by atoms with Gasteiger partial charge in [0.05, 0.1) is 4.92 Å². The standard InChI is InChI=1S/C12H12N4O2S/c17-16(18)10-3-1-2-8(6-10)12-15-14-11(19-12)7-13-9-4-5-9/h1-3,6,9,13H,4-5,7H2. The Bertz CT molecular complexity index is 609. The SMILES string of the molecule is O=[N+]([O-])c1cccc(-c2nnc(CNC3CC3)s2)c1. The third kappa shape index (κ3) is 2.94. The van der Waals surface area contributed by atoms with Gasteiger partial charge in [0.25, 0.3) is 5.69 Å². The van der Waals surface area contributed by atoms with Gasteiger partial charge in [-0.1, -0.05) is 23.5 Å². The number of rotatable bonds is 5. The van der Waals surface area contributed by atoms with E-state index in [1.165, 1.54) is 36.3 Å². The van der Waals surface area contributed by atoms with Gasteiger partial charge in [0.15, 0.2) is 0 Å². The molecule has 0 bridgehead atoms. The molecule has 0 spiro atoms. The van der Waals surface area contributed by atoms with Gasteiger partial charge >= 0.3 is 0 Å². The van der Waals surface area contributed by atoms with Crippen LogP contribution in [0.3, 0.4) is 0 Å². The molecule has 1 heterocycles. The number of hydrogen-bond donors (Lipinski definition) is 1. The van der Waals surface area contributed by atoms with Gasteiger partial charge in [0, 0.05) is 30.3 Å². The normalized spacial score (nSPS) is 14.5. The van der Waals surface area contributed by atoms with Gasteiger partial charge in [-0.2, -0.15) is 0 Å². The minimum Gasteiger partial charge on any atom is -0.308 e. The summed E-state index contributed by atoms with van der Waals surface area (Å²) in [5.74, 6) is 0. The second-order valence-corrected chi connectivity index (χ2v) is 5.53. The molecule has 6 nitrogen and oxygen atoms in total. The maximum absolute atomic E-state index is 10.7. The van der Waals surface area contributed by atoms with Crippen molar-refractivity contribution in [2.75, 3.05) is 0 Å². The Hall–Kier alpha value is -1.86. The lowest BCUT2D eigenvalue weighted by molar-refractivity contribution is -0.384. The van der Waals surface area contributed by atoms with Gasteiger partial charge in [-0.25, -0.2) is 0 Å². The Morgan fingerprint density at radius 1 is 1.42 bits per heavy atom. The van der Waals surface area contributed by atoms with Crippen molar-refractivity contribution in [2.45, 2.75) is 25.4 Å². The number of nitrogens with zero attached hydrogens (tertiary/aromatic N) is 3. The second kappa shape index (κ2) is 5.02. The zero-order chi connectivity index (χ0) is 13.2. The third-order valence-electron chi connectivity index (χ3n) is 2.89. The summed E-state index contributed by atoms with van der Waals surface area (Å²) < 4.78 is 0. The highest BCUT2D eigenvalue weighted by molar-refractivity contribution is 7.14. The van der Waals surface area contributed by atoms with Crippen LogP contribution in [0.25, 0.3) is 10.6 Å². The Morgan fingerprint density at radius 3 is 3.00 bits per heavy atom. The number of nitro benzene ring substituents is 1. The second-order valence-electron chi connectivity index (χ2n) is 4.46. The first-order valence-corrected chi connectivity index (χ1v) is 6.84. The van der Waals surface area contributed by atoms with Crippen LogP contribution in [-0.4, -0.2) is 21.2 Å². The van der Waals surface area contributed by atoms with E-state index >= 15 is 0 Å². The van der Waals surface area contributed by atoms with Gasteiger partial charge in [0.1, 0.15) is 10.0 Å². The van der Waals surface area contributed by atoms with Crippen molar-refractivity contribution in [3.63, 3.8) is 0 Å². The first-order chi connectivity index (χ1) is 9.22. The van der Waals surface area contributed by atoms with E-state index in [0.29, 0.717) is 6.04 Å². The predicted molar refractivity (Wildman–Crippen MR) is 71.9 cm³/mol. The maximum atomic E-state index is 10.7. The van der Waals surface area contributed by atoms with Crippen LogP contribution in [0.1, 0.15) is 17.8 Å². The molecule has 0 radical (unpaired) electrons. The van der Waals surface area contributed by atoms with Gasteiger partial charge in [-0.05, 0) is 12.8 Å². The summed E-state index contributed by atoms with van der Waals surface area (Å²) in [7, 11) is 0. The Labute approximate surface area is 113 Å². The van der Waals surface area contributed by atoms with Crippen molar-refractivity contribution in [2.24, 2.45) is 0 Å². The first-order valence-electron chi connectivity index (χ1n) is 6.03. The van der Waals surface area contributed by atoms with Crippen LogP contribution in [0.5, 0.6) is 0 Å². The summed E-state index contributed by atoms with van der Waals surface area (Å²) >= 11 is 1.47. The fourth-order valence-corrected chi connectivity index (χ4v) is 2.50. The molecule has 7 heteroatoms. The quantitative estimate of drug-likeness (QED) is 0.669. The number of aromatic nitrogens is 2. The molecular formula is C12H12N4O2S. The van der Waals surface area contributed by atoms with Crippen LogP contribution in [0.15, 0.2) is 24.3 Å². The number of nitro groups is 1. The molecule has 3 rings (SSSR count). The van der Waals surface area contributed by atoms with Crippen LogP contribution in [0.4, 0.5) is 5.69 Å². The van der Waals surface area contributed by atoms with Crippen molar-refractivity contribution in [1.29, 1.82) is 0 Å². The van der Waals surface area contributed by atoms with Gasteiger partial charge < -0.3 is 5.32 Å². The van der Waals surface area contributed by atoms with E-state index in [1.54, 1.807) is 6.07 Å². The molecule has 0 atom stereocenters. The average Bonchev–Trinajstić information content (AvgIpc) is 3.13. The van der Waals surface area contributed by atoms with Crippen LogP contribution < -0.4 is 5.32 Å². The fraction of sp³-hybridized carbons (Fsp3) is 0.333. The number of benzene rings is 1. The Kier molecular flexibility index (Phi) is 3.22. The molecule has 98 valence electrons. The predicted octanol–water partition coefficient (Wildman–Crippen LogP) is 2.37. The summed E-state index contributed by atoms with van der Waals surface area (Å²) in [5, 5.41) is 23.9. The summed E-state index contributed by atoms with van der Waals surface area (Å²) in [6.07, 6.45) is 2.47. The minimum atomic E-state index is -0.403. The van der Waals surface area contributed by atoms with E-state index in [-0.39, 0.29) is 5.69 Å². The van der Waals surface area contributed by atoms with Crippen LogP contribution in [0.2, 0.25) is 0 Å². The van der Waals surface area contributed by atoms with Gasteiger partial charge in [-0.15, -0.1) is 10.2 Å². The van der Waals surface area contributed by atoms with E-state index in [1.807, 2.05) is 6.07 Å². The Balaban J connectivity index is 1.77. The van der Waals surface area contributed by atoms with Crippen molar-refractivity contribution >= 4 is 17.0 Å². The summed E-state index contributed by atoms with van der Waals surface area (Å²) in [6.45, 7) is 0.720. The smallest absolute Gasteiger partial charge is 0.270 e. The molecule has 0 unspecified atom stereocenters. The van der Waals surface area contributed by atoms with E-state index in [0.717, 1.165) is 22.1 Å².